The fourth-order valence-electron chi connectivity index (χ4n) is 8.21. The molecule has 0 saturated carbocycles. The van der Waals surface area contributed by atoms with Gasteiger partial charge in [-0.1, -0.05) is 194 Å². The van der Waals surface area contributed by atoms with Gasteiger partial charge in [0.2, 0.25) is 0 Å². The second-order valence-corrected chi connectivity index (χ2v) is 14.7. The van der Waals surface area contributed by atoms with E-state index in [1.807, 2.05) is 6.07 Å². The minimum Gasteiger partial charge on any atom is -0.298 e. The molecule has 0 fully saturated rings. The maximum absolute atomic E-state index is 7.07. The third-order valence-corrected chi connectivity index (χ3v) is 11.1. The maximum Gasteiger partial charge on any atom is 0.177 e. The molecule has 1 aliphatic heterocycles. The van der Waals surface area contributed by atoms with Crippen molar-refractivity contribution in [3.63, 3.8) is 0 Å². The van der Waals surface area contributed by atoms with E-state index in [1.54, 1.807) is 0 Å². The Balaban J connectivity index is 1.12. The monoisotopic (exact) mass is 741 g/mol. The van der Waals surface area contributed by atoms with Gasteiger partial charge in [-0.15, -0.1) is 0 Å². The molecule has 0 saturated heterocycles. The van der Waals surface area contributed by atoms with Crippen LogP contribution in [0.15, 0.2) is 229 Å². The van der Waals surface area contributed by atoms with Crippen molar-refractivity contribution < 1.29 is 0 Å². The molecule has 1 atom stereocenters. The molecule has 0 radical (unpaired) electrons. The average molecular weight is 742 g/mol. The Morgan fingerprint density at radius 2 is 0.759 bits per heavy atom. The topological polar surface area (TPSA) is 51.3 Å². The predicted molar refractivity (Wildman–Crippen MR) is 241 cm³/mol. The van der Waals surface area contributed by atoms with E-state index in [0.717, 1.165) is 83.9 Å². The summed E-state index contributed by atoms with van der Waals surface area (Å²) in [6.45, 7) is 0. The lowest BCUT2D eigenvalue weighted by Crippen LogP contribution is -2.28. The second kappa shape index (κ2) is 14.9. The minimum atomic E-state index is -0.897. The molecule has 1 unspecified atom stereocenters. The number of aromatic nitrogens is 1. The fraction of sp³-hybridized carbons (Fsp3) is 0.0182. The SMILES string of the molecule is NC1(c2cccc(-c3cccc(-c4cc(-c5ccccc5)c(-c5ccccc5)c(-c5ccccc5)c4-c4ccccc4)n3)c2)N=C1c1cccc(-c2ccccc2)c1. The molecule has 3 nitrogen and oxygen atoms in total. The van der Waals surface area contributed by atoms with Crippen LogP contribution in [0.3, 0.4) is 0 Å². The zero-order valence-electron chi connectivity index (χ0n) is 31.8. The third kappa shape index (κ3) is 6.54. The molecule has 0 bridgehead atoms. The fourth-order valence-corrected chi connectivity index (χ4v) is 8.21. The predicted octanol–water partition coefficient (Wildman–Crippen LogP) is 13.4. The molecular formula is C55H39N3. The van der Waals surface area contributed by atoms with E-state index in [1.165, 1.54) is 11.1 Å². The van der Waals surface area contributed by atoms with Crippen molar-refractivity contribution in [2.24, 2.45) is 10.7 Å². The smallest absolute Gasteiger partial charge is 0.177 e. The Morgan fingerprint density at radius 3 is 1.38 bits per heavy atom. The number of benzene rings is 8. The van der Waals surface area contributed by atoms with Crippen molar-refractivity contribution >= 4 is 5.71 Å². The van der Waals surface area contributed by atoms with Gasteiger partial charge in [0.15, 0.2) is 5.66 Å². The Labute approximate surface area is 339 Å². The van der Waals surface area contributed by atoms with Crippen LogP contribution in [-0.4, -0.2) is 10.7 Å². The van der Waals surface area contributed by atoms with Crippen LogP contribution in [0.1, 0.15) is 11.1 Å². The van der Waals surface area contributed by atoms with Gasteiger partial charge in [0.1, 0.15) is 0 Å². The molecule has 274 valence electrons. The molecular weight excluding hydrogens is 703 g/mol. The quantitative estimate of drug-likeness (QED) is 0.160. The van der Waals surface area contributed by atoms with Gasteiger partial charge in [-0.05, 0) is 86.0 Å². The molecule has 10 rings (SSSR count). The first-order valence-corrected chi connectivity index (χ1v) is 19.7. The third-order valence-electron chi connectivity index (χ3n) is 11.1. The lowest BCUT2D eigenvalue weighted by Gasteiger charge is -2.24. The van der Waals surface area contributed by atoms with E-state index in [-0.39, 0.29) is 0 Å². The molecule has 58 heavy (non-hydrogen) atoms. The van der Waals surface area contributed by atoms with E-state index >= 15 is 0 Å². The number of nitrogens with zero attached hydrogens (tertiary/aromatic N) is 2. The summed E-state index contributed by atoms with van der Waals surface area (Å²) in [5.74, 6) is 0. The highest BCUT2D eigenvalue weighted by Crippen LogP contribution is 2.50. The van der Waals surface area contributed by atoms with Gasteiger partial charge < -0.3 is 0 Å². The molecule has 2 N–H and O–H groups in total. The van der Waals surface area contributed by atoms with Crippen LogP contribution in [0.25, 0.3) is 78.1 Å². The first-order chi connectivity index (χ1) is 28.6. The van der Waals surface area contributed by atoms with E-state index in [9.17, 15) is 0 Å². The number of nitrogens with two attached hydrogens (primary N) is 1. The zero-order chi connectivity index (χ0) is 38.9. The van der Waals surface area contributed by atoms with Crippen molar-refractivity contribution in [3.8, 4) is 78.1 Å². The number of pyridine rings is 1. The van der Waals surface area contributed by atoms with Gasteiger partial charge in [0.25, 0.3) is 0 Å². The standard InChI is InChI=1S/C55H39N3/c56-55(54(58-55)45-31-16-29-43(35-45)38-19-6-1-7-20-38)46-32-17-30-44(36-46)49-33-18-34-50(57-49)48-37-47(39-21-8-2-9-22-39)51(40-23-10-3-11-24-40)53(42-27-14-5-15-28-42)52(48)41-25-12-4-13-26-41/h1-37H,56H2. The largest absolute Gasteiger partial charge is 0.298 e. The molecule has 0 amide bonds. The second-order valence-electron chi connectivity index (χ2n) is 14.7. The Hall–Kier alpha value is -7.46. The number of hydrogen-bond donors (Lipinski definition) is 1. The normalized spacial score (nSPS) is 14.5. The van der Waals surface area contributed by atoms with E-state index in [2.05, 4.69) is 218 Å². The summed E-state index contributed by atoms with van der Waals surface area (Å²) in [4.78, 5) is 10.4. The van der Waals surface area contributed by atoms with E-state index < -0.39 is 5.66 Å². The zero-order valence-corrected chi connectivity index (χ0v) is 31.8. The highest BCUT2D eigenvalue weighted by atomic mass is 15.2. The Morgan fingerprint density at radius 1 is 0.310 bits per heavy atom. The first-order valence-electron chi connectivity index (χ1n) is 19.7. The molecule has 1 aromatic heterocycles. The highest BCUT2D eigenvalue weighted by Gasteiger charge is 2.46. The van der Waals surface area contributed by atoms with E-state index in [0.29, 0.717) is 0 Å². The van der Waals surface area contributed by atoms with Gasteiger partial charge in [0.05, 0.1) is 17.1 Å². The van der Waals surface area contributed by atoms with Gasteiger partial charge >= 0.3 is 0 Å². The van der Waals surface area contributed by atoms with Crippen molar-refractivity contribution in [1.29, 1.82) is 0 Å². The first kappa shape index (κ1) is 35.0. The van der Waals surface area contributed by atoms with E-state index in [4.69, 9.17) is 15.7 Å². The number of rotatable bonds is 9. The number of hydrogen-bond acceptors (Lipinski definition) is 3. The molecule has 0 aliphatic carbocycles. The summed E-state index contributed by atoms with van der Waals surface area (Å²) in [5, 5.41) is 0. The van der Waals surface area contributed by atoms with Gasteiger partial charge in [-0.25, -0.2) is 4.98 Å². The molecule has 9 aromatic rings. The van der Waals surface area contributed by atoms with Crippen molar-refractivity contribution in [3.05, 3.63) is 236 Å². The molecule has 0 spiro atoms. The lowest BCUT2D eigenvalue weighted by molar-refractivity contribution is 0.758. The molecule has 8 aromatic carbocycles. The Kier molecular flexibility index (Phi) is 8.98. The van der Waals surface area contributed by atoms with Crippen molar-refractivity contribution in [2.45, 2.75) is 5.66 Å². The van der Waals surface area contributed by atoms with Crippen LogP contribution >= 0.6 is 0 Å². The summed E-state index contributed by atoms with van der Waals surface area (Å²) in [7, 11) is 0. The molecule has 2 heterocycles. The van der Waals surface area contributed by atoms with Crippen LogP contribution in [-0.2, 0) is 5.66 Å². The van der Waals surface area contributed by atoms with Crippen LogP contribution in [0.2, 0.25) is 0 Å². The maximum atomic E-state index is 7.07. The summed E-state index contributed by atoms with van der Waals surface area (Å²) in [6.07, 6.45) is 0. The number of aliphatic imine (C=N–C) groups is 1. The summed E-state index contributed by atoms with van der Waals surface area (Å²) in [6, 6.07) is 78.9. The highest BCUT2D eigenvalue weighted by molar-refractivity contribution is 6.17. The summed E-state index contributed by atoms with van der Waals surface area (Å²) >= 11 is 0. The molecule has 1 aliphatic rings. The van der Waals surface area contributed by atoms with Gasteiger partial charge in [-0.2, -0.15) is 0 Å². The summed E-state index contributed by atoms with van der Waals surface area (Å²) < 4.78 is 0. The Bertz CT molecular complexity index is 2920. The van der Waals surface area contributed by atoms with Gasteiger partial charge in [0, 0.05) is 22.3 Å². The molecule has 3 heteroatoms. The van der Waals surface area contributed by atoms with Crippen LogP contribution < -0.4 is 5.73 Å². The van der Waals surface area contributed by atoms with Crippen LogP contribution in [0.4, 0.5) is 0 Å². The van der Waals surface area contributed by atoms with Gasteiger partial charge in [-0.3, -0.25) is 10.7 Å². The lowest BCUT2D eigenvalue weighted by atomic mass is 9.79. The van der Waals surface area contributed by atoms with Crippen LogP contribution in [0.5, 0.6) is 0 Å². The summed E-state index contributed by atoms with van der Waals surface area (Å²) in [5.41, 5.74) is 24.3. The van der Waals surface area contributed by atoms with Crippen molar-refractivity contribution in [2.75, 3.05) is 0 Å². The van der Waals surface area contributed by atoms with Crippen molar-refractivity contribution in [1.82, 2.24) is 4.98 Å². The van der Waals surface area contributed by atoms with Crippen LogP contribution in [0, 0.1) is 0 Å². The average Bonchev–Trinajstić information content (AvgIpc) is 4.02. The minimum absolute atomic E-state index is 0.866.